The molecule has 1 aromatic heterocycles. The van der Waals surface area contributed by atoms with Gasteiger partial charge in [0.1, 0.15) is 11.5 Å². The average Bonchev–Trinajstić information content (AvgIpc) is 3.28. The van der Waals surface area contributed by atoms with E-state index in [0.29, 0.717) is 32.3 Å². The molecule has 0 amide bonds. The third-order valence-corrected chi connectivity index (χ3v) is 4.60. The minimum Gasteiger partial charge on any atom is -0.491 e. The SMILES string of the molecule is COCCOCCCNC(=NCC(c1ccco1)N(C)C)Nc1ccc(OC(C)C)cc1.I. The van der Waals surface area contributed by atoms with Crippen LogP contribution in [0.25, 0.3) is 0 Å². The fourth-order valence-corrected chi connectivity index (χ4v) is 2.96. The second-order valence-corrected chi connectivity index (χ2v) is 7.89. The maximum Gasteiger partial charge on any atom is 0.195 e. The predicted octanol–water partition coefficient (Wildman–Crippen LogP) is 4.40. The summed E-state index contributed by atoms with van der Waals surface area (Å²) in [5.41, 5.74) is 0.933. The number of methoxy groups -OCH3 is 1. The van der Waals surface area contributed by atoms with E-state index in [4.69, 9.17) is 23.6 Å². The zero-order valence-electron chi connectivity index (χ0n) is 20.4. The lowest BCUT2D eigenvalue weighted by Gasteiger charge is -2.21. The summed E-state index contributed by atoms with van der Waals surface area (Å²) in [6.45, 7) is 7.19. The van der Waals surface area contributed by atoms with Crippen LogP contribution in [0.2, 0.25) is 0 Å². The molecule has 0 fully saturated rings. The van der Waals surface area contributed by atoms with E-state index in [1.807, 2.05) is 64.3 Å². The van der Waals surface area contributed by atoms with Crippen molar-refractivity contribution in [3.63, 3.8) is 0 Å². The third-order valence-electron chi connectivity index (χ3n) is 4.60. The van der Waals surface area contributed by atoms with Gasteiger partial charge in [-0.05, 0) is 70.8 Å². The highest BCUT2D eigenvalue weighted by Crippen LogP contribution is 2.20. The summed E-state index contributed by atoms with van der Waals surface area (Å²) in [5, 5.41) is 6.78. The summed E-state index contributed by atoms with van der Waals surface area (Å²) in [7, 11) is 5.71. The lowest BCUT2D eigenvalue weighted by molar-refractivity contribution is 0.0699. The maximum atomic E-state index is 5.73. The van der Waals surface area contributed by atoms with Crippen LogP contribution in [0.3, 0.4) is 0 Å². The maximum absolute atomic E-state index is 5.73. The molecule has 0 saturated carbocycles. The second-order valence-electron chi connectivity index (χ2n) is 7.89. The van der Waals surface area contributed by atoms with E-state index in [-0.39, 0.29) is 36.1 Å². The Kier molecular flexibility index (Phi) is 14.8. The molecule has 0 aliphatic heterocycles. The van der Waals surface area contributed by atoms with Crippen LogP contribution >= 0.6 is 24.0 Å². The molecule has 0 aliphatic rings. The van der Waals surface area contributed by atoms with Crippen molar-refractivity contribution in [2.45, 2.75) is 32.4 Å². The highest BCUT2D eigenvalue weighted by Gasteiger charge is 2.16. The molecular weight excluding hydrogens is 535 g/mol. The van der Waals surface area contributed by atoms with Crippen LogP contribution in [0, 0.1) is 0 Å². The van der Waals surface area contributed by atoms with Crippen LogP contribution in [-0.4, -0.2) is 71.1 Å². The topological polar surface area (TPSA) is 80.5 Å². The van der Waals surface area contributed by atoms with Gasteiger partial charge in [0.2, 0.25) is 0 Å². The number of benzene rings is 1. The Morgan fingerprint density at radius 2 is 1.85 bits per heavy atom. The first-order chi connectivity index (χ1) is 15.5. The van der Waals surface area contributed by atoms with E-state index in [9.17, 15) is 0 Å². The molecule has 1 aromatic carbocycles. The summed E-state index contributed by atoms with van der Waals surface area (Å²) < 4.78 is 21.9. The Morgan fingerprint density at radius 1 is 1.09 bits per heavy atom. The normalized spacial score (nSPS) is 12.5. The molecule has 186 valence electrons. The van der Waals surface area contributed by atoms with Gasteiger partial charge >= 0.3 is 0 Å². The first-order valence-corrected chi connectivity index (χ1v) is 11.1. The lowest BCUT2D eigenvalue weighted by atomic mass is 10.2. The van der Waals surface area contributed by atoms with E-state index < -0.39 is 0 Å². The van der Waals surface area contributed by atoms with Crippen molar-refractivity contribution in [2.75, 3.05) is 59.4 Å². The van der Waals surface area contributed by atoms with Crippen molar-refractivity contribution in [3.8, 4) is 5.75 Å². The average molecular weight is 575 g/mol. The van der Waals surface area contributed by atoms with Crippen LogP contribution < -0.4 is 15.4 Å². The molecule has 33 heavy (non-hydrogen) atoms. The van der Waals surface area contributed by atoms with E-state index >= 15 is 0 Å². The number of hydrogen-bond acceptors (Lipinski definition) is 6. The number of hydrogen-bond donors (Lipinski definition) is 2. The molecule has 1 atom stereocenters. The summed E-state index contributed by atoms with van der Waals surface area (Å²) in [6, 6.07) is 11.8. The second kappa shape index (κ2) is 16.7. The predicted molar refractivity (Wildman–Crippen MR) is 144 cm³/mol. The van der Waals surface area contributed by atoms with Crippen LogP contribution in [0.1, 0.15) is 32.1 Å². The quantitative estimate of drug-likeness (QED) is 0.150. The monoisotopic (exact) mass is 574 g/mol. The molecule has 1 heterocycles. The van der Waals surface area contributed by atoms with Crippen LogP contribution in [0.5, 0.6) is 5.75 Å². The van der Waals surface area contributed by atoms with Crippen molar-refractivity contribution < 1.29 is 18.6 Å². The molecule has 0 bridgehead atoms. The van der Waals surface area contributed by atoms with Gasteiger partial charge in [0.15, 0.2) is 5.96 Å². The number of aliphatic imine (C=N–C) groups is 1. The molecular formula is C24H39IN4O4. The van der Waals surface area contributed by atoms with Crippen LogP contribution in [0.15, 0.2) is 52.1 Å². The summed E-state index contributed by atoms with van der Waals surface area (Å²) in [4.78, 5) is 6.91. The summed E-state index contributed by atoms with van der Waals surface area (Å²) >= 11 is 0. The molecule has 0 spiro atoms. The van der Waals surface area contributed by atoms with Gasteiger partial charge in [0.25, 0.3) is 0 Å². The number of anilines is 1. The van der Waals surface area contributed by atoms with E-state index in [1.54, 1.807) is 13.4 Å². The van der Waals surface area contributed by atoms with Gasteiger partial charge in [-0.1, -0.05) is 0 Å². The Bertz CT molecular complexity index is 767. The number of nitrogens with zero attached hydrogens (tertiary/aromatic N) is 2. The van der Waals surface area contributed by atoms with Crippen molar-refractivity contribution in [3.05, 3.63) is 48.4 Å². The fraction of sp³-hybridized carbons (Fsp3) is 0.542. The zero-order valence-corrected chi connectivity index (χ0v) is 22.7. The van der Waals surface area contributed by atoms with Gasteiger partial charge in [-0.3, -0.25) is 9.89 Å². The van der Waals surface area contributed by atoms with Gasteiger partial charge < -0.3 is 29.3 Å². The Balaban J connectivity index is 0.00000544. The third kappa shape index (κ3) is 11.7. The van der Waals surface area contributed by atoms with E-state index in [2.05, 4.69) is 15.5 Å². The molecule has 0 radical (unpaired) electrons. The van der Waals surface area contributed by atoms with Gasteiger partial charge in [0, 0.05) is 25.9 Å². The number of furan rings is 1. The van der Waals surface area contributed by atoms with E-state index in [0.717, 1.165) is 30.2 Å². The molecule has 2 rings (SSSR count). The number of nitrogens with one attached hydrogen (secondary N) is 2. The number of likely N-dealkylation sites (N-methyl/N-ethyl adjacent to an activating group) is 1. The molecule has 8 nitrogen and oxygen atoms in total. The van der Waals surface area contributed by atoms with Crippen molar-refractivity contribution in [1.29, 1.82) is 0 Å². The fourth-order valence-electron chi connectivity index (χ4n) is 2.96. The highest BCUT2D eigenvalue weighted by molar-refractivity contribution is 14.0. The van der Waals surface area contributed by atoms with Gasteiger partial charge in [0.05, 0.1) is 38.2 Å². The number of guanidine groups is 1. The molecule has 0 aliphatic carbocycles. The van der Waals surface area contributed by atoms with E-state index in [1.165, 1.54) is 0 Å². The molecule has 2 aromatic rings. The summed E-state index contributed by atoms with van der Waals surface area (Å²) in [6.07, 6.45) is 2.70. The molecule has 2 N–H and O–H groups in total. The van der Waals surface area contributed by atoms with Gasteiger partial charge in [-0.25, -0.2) is 0 Å². The minimum atomic E-state index is 0. The van der Waals surface area contributed by atoms with Crippen LogP contribution in [0.4, 0.5) is 5.69 Å². The molecule has 1 unspecified atom stereocenters. The minimum absolute atomic E-state index is 0. The lowest BCUT2D eigenvalue weighted by Crippen LogP contribution is -2.33. The Hall–Kier alpha value is -1.82. The van der Waals surface area contributed by atoms with Crippen molar-refractivity contribution in [1.82, 2.24) is 10.2 Å². The Morgan fingerprint density at radius 3 is 2.45 bits per heavy atom. The number of rotatable bonds is 14. The largest absolute Gasteiger partial charge is 0.491 e. The van der Waals surface area contributed by atoms with Crippen molar-refractivity contribution in [2.24, 2.45) is 4.99 Å². The highest BCUT2D eigenvalue weighted by atomic mass is 127. The zero-order chi connectivity index (χ0) is 23.2. The van der Waals surface area contributed by atoms with Crippen LogP contribution in [-0.2, 0) is 9.47 Å². The number of halogens is 1. The first kappa shape index (κ1) is 29.2. The summed E-state index contributed by atoms with van der Waals surface area (Å²) in [5.74, 6) is 2.44. The van der Waals surface area contributed by atoms with Crippen molar-refractivity contribution >= 4 is 35.6 Å². The Labute approximate surface area is 215 Å². The number of ether oxygens (including phenoxy) is 3. The molecule has 9 heteroatoms. The first-order valence-electron chi connectivity index (χ1n) is 11.1. The standard InChI is InChI=1S/C24H38N4O4.HI/c1-19(2)32-21-11-9-20(10-12-21)27-24(25-13-7-14-30-17-16-29-5)26-18-22(28(3)4)23-8-6-15-31-23;/h6,8-12,15,19,22H,7,13-14,16-18H2,1-5H3,(H2,25,26,27);1H. The molecule has 0 saturated heterocycles. The van der Waals surface area contributed by atoms with Gasteiger partial charge in [-0.2, -0.15) is 0 Å². The smallest absolute Gasteiger partial charge is 0.195 e. The van der Waals surface area contributed by atoms with Gasteiger partial charge in [-0.15, -0.1) is 24.0 Å².